The maximum atomic E-state index is 12.9. The monoisotopic (exact) mass is 415 g/mol. The van der Waals surface area contributed by atoms with Crippen LogP contribution in [0.25, 0.3) is 6.08 Å². The molecule has 2 aliphatic heterocycles. The Labute approximate surface area is 172 Å². The fourth-order valence-corrected chi connectivity index (χ4v) is 4.18. The molecular weight excluding hydrogens is 398 g/mol. The molecule has 0 bridgehead atoms. The van der Waals surface area contributed by atoms with E-state index in [0.717, 1.165) is 11.1 Å². The summed E-state index contributed by atoms with van der Waals surface area (Å²) in [5.41, 5.74) is 1.70. The molecule has 0 saturated carbocycles. The van der Waals surface area contributed by atoms with Crippen molar-refractivity contribution in [3.8, 4) is 23.0 Å². The molecule has 2 aromatic rings. The van der Waals surface area contributed by atoms with Crippen LogP contribution in [0.3, 0.4) is 0 Å². The standard InChI is InChI=1S/C20H17NO5S2/c1-23-14-5-4-13(16(9-14)24-2)8-18-19(22)21(20(27)28-18)10-12-3-6-15-17(7-12)26-11-25-15/h3-9H,10-11H2,1-2H3/b18-8-. The molecule has 2 heterocycles. The molecular formula is C20H17NO5S2. The molecule has 0 spiro atoms. The molecule has 4 rings (SSSR count). The molecule has 0 radical (unpaired) electrons. The molecule has 8 heteroatoms. The number of thiocarbonyl (C=S) groups is 1. The molecule has 1 amide bonds. The number of benzene rings is 2. The van der Waals surface area contributed by atoms with Gasteiger partial charge in [-0.1, -0.05) is 30.0 Å². The fraction of sp³-hybridized carbons (Fsp3) is 0.200. The van der Waals surface area contributed by atoms with E-state index in [0.29, 0.717) is 38.8 Å². The minimum Gasteiger partial charge on any atom is -0.497 e. The summed E-state index contributed by atoms with van der Waals surface area (Å²) in [6.45, 7) is 0.588. The van der Waals surface area contributed by atoms with Gasteiger partial charge in [-0.25, -0.2) is 0 Å². The van der Waals surface area contributed by atoms with E-state index in [9.17, 15) is 4.79 Å². The fourth-order valence-electron chi connectivity index (χ4n) is 2.94. The average molecular weight is 415 g/mol. The van der Waals surface area contributed by atoms with Crippen molar-refractivity contribution in [2.24, 2.45) is 0 Å². The Morgan fingerprint density at radius 2 is 1.96 bits per heavy atom. The summed E-state index contributed by atoms with van der Waals surface area (Å²) in [5.74, 6) is 2.57. The number of thioether (sulfide) groups is 1. The summed E-state index contributed by atoms with van der Waals surface area (Å²) >= 11 is 6.71. The van der Waals surface area contributed by atoms with Crippen molar-refractivity contribution in [1.29, 1.82) is 0 Å². The van der Waals surface area contributed by atoms with Crippen molar-refractivity contribution in [1.82, 2.24) is 4.90 Å². The van der Waals surface area contributed by atoms with Gasteiger partial charge in [-0.15, -0.1) is 0 Å². The van der Waals surface area contributed by atoms with Crippen molar-refractivity contribution in [3.63, 3.8) is 0 Å². The second-order valence-corrected chi connectivity index (χ2v) is 7.74. The van der Waals surface area contributed by atoms with E-state index < -0.39 is 0 Å². The van der Waals surface area contributed by atoms with Gasteiger partial charge >= 0.3 is 0 Å². The van der Waals surface area contributed by atoms with Gasteiger partial charge in [0.2, 0.25) is 6.79 Å². The number of methoxy groups -OCH3 is 2. The molecule has 0 aliphatic carbocycles. The Bertz CT molecular complexity index is 989. The highest BCUT2D eigenvalue weighted by Gasteiger charge is 2.32. The number of hydrogen-bond donors (Lipinski definition) is 0. The number of nitrogens with zero attached hydrogens (tertiary/aromatic N) is 1. The van der Waals surface area contributed by atoms with Crippen molar-refractivity contribution < 1.29 is 23.7 Å². The first kappa shape index (κ1) is 18.6. The Balaban J connectivity index is 1.56. The predicted octanol–water partition coefficient (Wildman–Crippen LogP) is 3.83. The number of ether oxygens (including phenoxy) is 4. The van der Waals surface area contributed by atoms with Gasteiger partial charge < -0.3 is 18.9 Å². The summed E-state index contributed by atoms with van der Waals surface area (Å²) in [4.78, 5) is 15.0. The third kappa shape index (κ3) is 3.53. The molecule has 2 aromatic carbocycles. The van der Waals surface area contributed by atoms with E-state index in [1.807, 2.05) is 30.3 Å². The lowest BCUT2D eigenvalue weighted by molar-refractivity contribution is -0.122. The van der Waals surface area contributed by atoms with Crippen LogP contribution in [-0.4, -0.2) is 36.1 Å². The summed E-state index contributed by atoms with van der Waals surface area (Å²) < 4.78 is 21.9. The van der Waals surface area contributed by atoms with Crippen LogP contribution in [0.2, 0.25) is 0 Å². The van der Waals surface area contributed by atoms with Crippen LogP contribution in [0.15, 0.2) is 41.3 Å². The molecule has 6 nitrogen and oxygen atoms in total. The Kier molecular flexibility index (Phi) is 5.15. The molecule has 28 heavy (non-hydrogen) atoms. The highest BCUT2D eigenvalue weighted by atomic mass is 32.2. The van der Waals surface area contributed by atoms with Crippen LogP contribution >= 0.6 is 24.0 Å². The summed E-state index contributed by atoms with van der Waals surface area (Å²) in [5, 5.41) is 0. The largest absolute Gasteiger partial charge is 0.497 e. The van der Waals surface area contributed by atoms with Gasteiger partial charge in [0, 0.05) is 11.6 Å². The number of carbonyl (C=O) groups excluding carboxylic acids is 1. The number of hydrogen-bond acceptors (Lipinski definition) is 7. The molecule has 1 saturated heterocycles. The second kappa shape index (κ2) is 7.73. The van der Waals surface area contributed by atoms with E-state index in [-0.39, 0.29) is 12.7 Å². The van der Waals surface area contributed by atoms with Crippen LogP contribution in [0, 0.1) is 0 Å². The molecule has 1 fully saturated rings. The Morgan fingerprint density at radius 3 is 2.75 bits per heavy atom. The normalized spacial score (nSPS) is 16.8. The number of rotatable bonds is 5. The van der Waals surface area contributed by atoms with E-state index >= 15 is 0 Å². The highest BCUT2D eigenvalue weighted by molar-refractivity contribution is 8.26. The van der Waals surface area contributed by atoms with Crippen LogP contribution in [0.1, 0.15) is 11.1 Å². The van der Waals surface area contributed by atoms with Gasteiger partial charge in [0.05, 0.1) is 25.7 Å². The van der Waals surface area contributed by atoms with Crippen LogP contribution in [0.5, 0.6) is 23.0 Å². The summed E-state index contributed by atoms with van der Waals surface area (Å²) in [6.07, 6.45) is 1.79. The second-order valence-electron chi connectivity index (χ2n) is 6.06. The number of amides is 1. The van der Waals surface area contributed by atoms with E-state index in [1.54, 1.807) is 31.3 Å². The first-order valence-electron chi connectivity index (χ1n) is 8.45. The maximum Gasteiger partial charge on any atom is 0.266 e. The summed E-state index contributed by atoms with van der Waals surface area (Å²) in [6, 6.07) is 11.1. The summed E-state index contributed by atoms with van der Waals surface area (Å²) in [7, 11) is 3.17. The van der Waals surface area contributed by atoms with Crippen molar-refractivity contribution >= 4 is 40.3 Å². The van der Waals surface area contributed by atoms with Crippen molar-refractivity contribution in [2.45, 2.75) is 6.54 Å². The lowest BCUT2D eigenvalue weighted by atomic mass is 10.1. The van der Waals surface area contributed by atoms with Gasteiger partial charge in [-0.05, 0) is 35.9 Å². The molecule has 0 N–H and O–H groups in total. The SMILES string of the molecule is COc1ccc(/C=C2\SC(=S)N(Cc3ccc4c(c3)OCO4)C2=O)c(OC)c1. The molecule has 2 aliphatic rings. The average Bonchev–Trinajstić information content (AvgIpc) is 3.28. The zero-order valence-electron chi connectivity index (χ0n) is 15.3. The van der Waals surface area contributed by atoms with E-state index in [1.165, 1.54) is 11.8 Å². The van der Waals surface area contributed by atoms with E-state index in [2.05, 4.69) is 0 Å². The number of fused-ring (bicyclic) bond motifs is 1. The zero-order valence-corrected chi connectivity index (χ0v) is 16.9. The zero-order chi connectivity index (χ0) is 19.7. The Morgan fingerprint density at radius 1 is 1.14 bits per heavy atom. The van der Waals surface area contributed by atoms with Crippen molar-refractivity contribution in [3.05, 3.63) is 52.4 Å². The van der Waals surface area contributed by atoms with Gasteiger partial charge in [0.15, 0.2) is 11.5 Å². The topological polar surface area (TPSA) is 57.2 Å². The van der Waals surface area contributed by atoms with Gasteiger partial charge in [-0.3, -0.25) is 9.69 Å². The molecule has 0 atom stereocenters. The molecule has 144 valence electrons. The first-order valence-corrected chi connectivity index (χ1v) is 9.67. The smallest absolute Gasteiger partial charge is 0.266 e. The highest BCUT2D eigenvalue weighted by Crippen LogP contribution is 2.37. The quantitative estimate of drug-likeness (QED) is 0.543. The van der Waals surface area contributed by atoms with Crippen LogP contribution < -0.4 is 18.9 Å². The van der Waals surface area contributed by atoms with Crippen LogP contribution in [-0.2, 0) is 11.3 Å². The van der Waals surface area contributed by atoms with Gasteiger partial charge in [0.1, 0.15) is 15.8 Å². The van der Waals surface area contributed by atoms with Gasteiger partial charge in [0.25, 0.3) is 5.91 Å². The lowest BCUT2D eigenvalue weighted by Gasteiger charge is -2.14. The third-order valence-corrected chi connectivity index (χ3v) is 5.76. The lowest BCUT2D eigenvalue weighted by Crippen LogP contribution is -2.27. The Hall–Kier alpha value is -2.71. The molecule has 0 unspecified atom stereocenters. The minimum atomic E-state index is -0.134. The first-order chi connectivity index (χ1) is 13.6. The predicted molar refractivity (Wildman–Crippen MR) is 111 cm³/mol. The number of carbonyl (C=O) groups is 1. The van der Waals surface area contributed by atoms with Gasteiger partial charge in [-0.2, -0.15) is 0 Å². The minimum absolute atomic E-state index is 0.134. The molecule has 0 aromatic heterocycles. The third-order valence-electron chi connectivity index (χ3n) is 4.38. The maximum absolute atomic E-state index is 12.9. The van der Waals surface area contributed by atoms with Crippen molar-refractivity contribution in [2.75, 3.05) is 21.0 Å². The van der Waals surface area contributed by atoms with Crippen LogP contribution in [0.4, 0.5) is 0 Å². The van der Waals surface area contributed by atoms with E-state index in [4.69, 9.17) is 31.2 Å².